The lowest BCUT2D eigenvalue weighted by Gasteiger charge is -2.26. The van der Waals surface area contributed by atoms with Gasteiger partial charge in [-0.25, -0.2) is 4.98 Å². The Labute approximate surface area is 165 Å². The van der Waals surface area contributed by atoms with Gasteiger partial charge in [0.2, 0.25) is 5.78 Å². The number of benzene rings is 1. The SMILES string of the molecule is CCN(CC)CCn1c2ccccc2n2c(C(=O)N3CCOCC3)c(C)nc12. The van der Waals surface area contributed by atoms with E-state index in [0.29, 0.717) is 32.0 Å². The fraction of sp³-hybridized carbons (Fsp3) is 0.524. The van der Waals surface area contributed by atoms with Crippen LogP contribution in [0.4, 0.5) is 0 Å². The van der Waals surface area contributed by atoms with Gasteiger partial charge in [0.25, 0.3) is 5.91 Å². The molecule has 1 fully saturated rings. The lowest BCUT2D eigenvalue weighted by molar-refractivity contribution is 0.0298. The third kappa shape index (κ3) is 3.18. The van der Waals surface area contributed by atoms with E-state index in [0.717, 1.165) is 48.7 Å². The standard InChI is InChI=1S/C21H29N5O2/c1-4-23(5-2)10-11-25-17-8-6-7-9-18(17)26-19(16(3)22-21(25)26)20(27)24-12-14-28-15-13-24/h6-9H,4-5,10-15H2,1-3H3. The van der Waals surface area contributed by atoms with Crippen molar-refractivity contribution in [3.05, 3.63) is 35.7 Å². The van der Waals surface area contributed by atoms with Gasteiger partial charge in [0.1, 0.15) is 5.69 Å². The first-order chi connectivity index (χ1) is 13.7. The average Bonchev–Trinajstić information content (AvgIpc) is 3.22. The number of amides is 1. The quantitative estimate of drug-likeness (QED) is 0.656. The number of morpholine rings is 1. The fourth-order valence-electron chi connectivity index (χ4n) is 4.08. The number of ether oxygens (including phenoxy) is 1. The number of hydrogen-bond acceptors (Lipinski definition) is 4. The van der Waals surface area contributed by atoms with Crippen molar-refractivity contribution >= 4 is 22.7 Å². The Morgan fingerprint density at radius 3 is 2.50 bits per heavy atom. The number of aryl methyl sites for hydroxylation is 1. The van der Waals surface area contributed by atoms with Crippen molar-refractivity contribution in [2.24, 2.45) is 0 Å². The van der Waals surface area contributed by atoms with Gasteiger partial charge in [0.15, 0.2) is 0 Å². The predicted octanol–water partition coefficient (Wildman–Crippen LogP) is 2.41. The van der Waals surface area contributed by atoms with E-state index in [1.165, 1.54) is 0 Å². The summed E-state index contributed by atoms with van der Waals surface area (Å²) in [6.45, 7) is 12.6. The molecule has 0 radical (unpaired) electrons. The Hall–Kier alpha value is -2.38. The van der Waals surface area contributed by atoms with Gasteiger partial charge in [-0.15, -0.1) is 0 Å². The van der Waals surface area contributed by atoms with Crippen LogP contribution in [0.15, 0.2) is 24.3 Å². The van der Waals surface area contributed by atoms with E-state index in [9.17, 15) is 4.79 Å². The summed E-state index contributed by atoms with van der Waals surface area (Å²) in [5, 5.41) is 0. The molecule has 1 aliphatic rings. The molecule has 0 spiro atoms. The number of carbonyl (C=O) groups is 1. The van der Waals surface area contributed by atoms with E-state index in [4.69, 9.17) is 9.72 Å². The molecule has 7 nitrogen and oxygen atoms in total. The third-order valence-electron chi connectivity index (χ3n) is 5.72. The number of fused-ring (bicyclic) bond motifs is 3. The number of aromatic nitrogens is 3. The first-order valence-electron chi connectivity index (χ1n) is 10.2. The molecule has 4 rings (SSSR count). The van der Waals surface area contributed by atoms with Crippen LogP contribution in [0.5, 0.6) is 0 Å². The van der Waals surface area contributed by atoms with Gasteiger partial charge in [-0.05, 0) is 32.1 Å². The maximum Gasteiger partial charge on any atom is 0.273 e. The second-order valence-corrected chi connectivity index (χ2v) is 7.25. The Morgan fingerprint density at radius 2 is 1.82 bits per heavy atom. The molecule has 1 aromatic carbocycles. The molecule has 1 saturated heterocycles. The van der Waals surface area contributed by atoms with Crippen molar-refractivity contribution in [3.63, 3.8) is 0 Å². The highest BCUT2D eigenvalue weighted by Gasteiger charge is 2.27. The largest absolute Gasteiger partial charge is 0.378 e. The normalized spacial score (nSPS) is 15.2. The lowest BCUT2D eigenvalue weighted by Crippen LogP contribution is -2.41. The first kappa shape index (κ1) is 19.0. The Bertz CT molecular complexity index is 980. The van der Waals surface area contributed by atoms with E-state index in [2.05, 4.69) is 35.4 Å². The molecule has 0 N–H and O–H groups in total. The number of imidazole rings is 2. The first-order valence-corrected chi connectivity index (χ1v) is 10.2. The summed E-state index contributed by atoms with van der Waals surface area (Å²) in [4.78, 5) is 22.4. The monoisotopic (exact) mass is 383 g/mol. The van der Waals surface area contributed by atoms with Crippen molar-refractivity contribution in [1.29, 1.82) is 0 Å². The minimum atomic E-state index is 0.0416. The summed E-state index contributed by atoms with van der Waals surface area (Å²) in [7, 11) is 0. The second-order valence-electron chi connectivity index (χ2n) is 7.25. The second kappa shape index (κ2) is 7.93. The average molecular weight is 383 g/mol. The number of carbonyl (C=O) groups excluding carboxylic acids is 1. The van der Waals surface area contributed by atoms with Gasteiger partial charge in [-0.3, -0.25) is 9.20 Å². The highest BCUT2D eigenvalue weighted by molar-refractivity contribution is 5.97. The van der Waals surface area contributed by atoms with Crippen LogP contribution in [0.3, 0.4) is 0 Å². The summed E-state index contributed by atoms with van der Waals surface area (Å²) < 4.78 is 9.70. The van der Waals surface area contributed by atoms with Crippen LogP contribution >= 0.6 is 0 Å². The third-order valence-corrected chi connectivity index (χ3v) is 5.72. The van der Waals surface area contributed by atoms with Crippen molar-refractivity contribution in [2.45, 2.75) is 27.3 Å². The van der Waals surface area contributed by atoms with Gasteiger partial charge in [0.05, 0.1) is 29.9 Å². The van der Waals surface area contributed by atoms with E-state index in [1.807, 2.05) is 28.4 Å². The smallest absolute Gasteiger partial charge is 0.273 e. The zero-order chi connectivity index (χ0) is 19.7. The van der Waals surface area contributed by atoms with E-state index < -0.39 is 0 Å². The number of hydrogen-bond donors (Lipinski definition) is 0. The Balaban J connectivity index is 1.81. The predicted molar refractivity (Wildman–Crippen MR) is 110 cm³/mol. The minimum absolute atomic E-state index is 0.0416. The van der Waals surface area contributed by atoms with Gasteiger partial charge < -0.3 is 19.1 Å². The molecular formula is C21H29N5O2. The van der Waals surface area contributed by atoms with Crippen LogP contribution in [-0.2, 0) is 11.3 Å². The fourth-order valence-corrected chi connectivity index (χ4v) is 4.08. The molecule has 7 heteroatoms. The number of rotatable bonds is 6. The highest BCUT2D eigenvalue weighted by atomic mass is 16.5. The molecule has 3 aromatic rings. The number of para-hydroxylation sites is 2. The van der Waals surface area contributed by atoms with Gasteiger partial charge >= 0.3 is 0 Å². The molecule has 0 aliphatic carbocycles. The molecule has 0 bridgehead atoms. The summed E-state index contributed by atoms with van der Waals surface area (Å²) in [5.41, 5.74) is 3.62. The van der Waals surface area contributed by atoms with Crippen LogP contribution in [0, 0.1) is 6.92 Å². The number of nitrogens with zero attached hydrogens (tertiary/aromatic N) is 5. The van der Waals surface area contributed by atoms with Crippen molar-refractivity contribution < 1.29 is 9.53 Å². The molecule has 1 aliphatic heterocycles. The van der Waals surface area contributed by atoms with Gasteiger partial charge in [0, 0.05) is 26.2 Å². The van der Waals surface area contributed by atoms with Gasteiger partial charge in [-0.2, -0.15) is 0 Å². The van der Waals surface area contributed by atoms with Crippen LogP contribution in [-0.4, -0.2) is 75.6 Å². The summed E-state index contributed by atoms with van der Waals surface area (Å²) in [5.74, 6) is 0.891. The van der Waals surface area contributed by atoms with Crippen LogP contribution in [0.25, 0.3) is 16.8 Å². The maximum atomic E-state index is 13.3. The molecule has 150 valence electrons. The summed E-state index contributed by atoms with van der Waals surface area (Å²) in [6, 6.07) is 8.26. The van der Waals surface area contributed by atoms with Crippen molar-refractivity contribution in [3.8, 4) is 0 Å². The van der Waals surface area contributed by atoms with E-state index >= 15 is 0 Å². The van der Waals surface area contributed by atoms with E-state index in [-0.39, 0.29) is 5.91 Å². The Morgan fingerprint density at radius 1 is 1.14 bits per heavy atom. The molecule has 3 heterocycles. The maximum absolute atomic E-state index is 13.3. The minimum Gasteiger partial charge on any atom is -0.378 e. The van der Waals surface area contributed by atoms with Crippen molar-refractivity contribution in [1.82, 2.24) is 23.8 Å². The molecule has 0 saturated carbocycles. The molecule has 28 heavy (non-hydrogen) atoms. The molecule has 2 aromatic heterocycles. The topological polar surface area (TPSA) is 55.0 Å². The zero-order valence-corrected chi connectivity index (χ0v) is 17.0. The van der Waals surface area contributed by atoms with E-state index in [1.54, 1.807) is 0 Å². The number of likely N-dealkylation sites (N-methyl/N-ethyl adjacent to an activating group) is 1. The summed E-state index contributed by atoms with van der Waals surface area (Å²) in [6.07, 6.45) is 0. The molecule has 0 unspecified atom stereocenters. The van der Waals surface area contributed by atoms with Crippen LogP contribution in [0.2, 0.25) is 0 Å². The molecular weight excluding hydrogens is 354 g/mol. The van der Waals surface area contributed by atoms with Gasteiger partial charge in [-0.1, -0.05) is 26.0 Å². The van der Waals surface area contributed by atoms with Crippen molar-refractivity contribution in [2.75, 3.05) is 45.9 Å². The molecule has 0 atom stereocenters. The zero-order valence-electron chi connectivity index (χ0n) is 17.0. The molecule has 1 amide bonds. The lowest BCUT2D eigenvalue weighted by atomic mass is 10.2. The van der Waals surface area contributed by atoms with Crippen LogP contribution in [0.1, 0.15) is 30.0 Å². The van der Waals surface area contributed by atoms with Crippen LogP contribution < -0.4 is 0 Å². The summed E-state index contributed by atoms with van der Waals surface area (Å²) >= 11 is 0. The Kier molecular flexibility index (Phi) is 5.37. The highest BCUT2D eigenvalue weighted by Crippen LogP contribution is 2.25.